The van der Waals surface area contributed by atoms with E-state index in [-0.39, 0.29) is 24.1 Å². The second kappa shape index (κ2) is 8.74. The number of fused-ring (bicyclic) bond motifs is 3. The van der Waals surface area contributed by atoms with Gasteiger partial charge < -0.3 is 23.7 Å². The van der Waals surface area contributed by atoms with Crippen molar-refractivity contribution in [1.29, 1.82) is 0 Å². The topological polar surface area (TPSA) is 101 Å². The lowest BCUT2D eigenvalue weighted by Crippen LogP contribution is -2.70. The van der Waals surface area contributed by atoms with Gasteiger partial charge in [-0.15, -0.1) is 11.3 Å². The second-order valence-electron chi connectivity index (χ2n) is 10.4. The molecule has 36 heavy (non-hydrogen) atoms. The van der Waals surface area contributed by atoms with Crippen LogP contribution >= 0.6 is 11.3 Å². The van der Waals surface area contributed by atoms with Crippen molar-refractivity contribution in [2.24, 2.45) is 0 Å². The van der Waals surface area contributed by atoms with Gasteiger partial charge in [0, 0.05) is 37.8 Å². The van der Waals surface area contributed by atoms with Gasteiger partial charge in [-0.05, 0) is 39.3 Å². The Morgan fingerprint density at radius 1 is 1.14 bits per heavy atom. The van der Waals surface area contributed by atoms with Crippen molar-refractivity contribution >= 4 is 40.5 Å². The number of amides is 2. The number of morpholine rings is 1. The van der Waals surface area contributed by atoms with E-state index in [4.69, 9.17) is 18.9 Å². The van der Waals surface area contributed by atoms with E-state index in [2.05, 4.69) is 9.88 Å². The van der Waals surface area contributed by atoms with Gasteiger partial charge in [-0.25, -0.2) is 9.78 Å². The third-order valence-electron chi connectivity index (χ3n) is 6.79. The molecule has 0 saturated carbocycles. The van der Waals surface area contributed by atoms with Crippen molar-refractivity contribution in [1.82, 2.24) is 19.8 Å². The first kappa shape index (κ1) is 23.2. The van der Waals surface area contributed by atoms with Crippen molar-refractivity contribution in [3.8, 4) is 10.6 Å². The third-order valence-corrected chi connectivity index (χ3v) is 7.60. The Kier molecular flexibility index (Phi) is 5.64. The number of hydrogen-bond acceptors (Lipinski definition) is 9. The normalized spacial score (nSPS) is 22.0. The van der Waals surface area contributed by atoms with Gasteiger partial charge in [-0.3, -0.25) is 9.69 Å². The molecule has 0 radical (unpaired) electrons. The van der Waals surface area contributed by atoms with Crippen LogP contribution in [0.25, 0.3) is 21.7 Å². The van der Waals surface area contributed by atoms with Gasteiger partial charge in [-0.2, -0.15) is 4.98 Å². The minimum atomic E-state index is -0.531. The maximum atomic E-state index is 13.4. The number of hydrogen-bond donors (Lipinski definition) is 0. The molecule has 3 aromatic rings. The number of ether oxygens (including phenoxy) is 2. The number of nitrogens with zero attached hydrogens (tertiary/aromatic N) is 5. The Morgan fingerprint density at radius 3 is 2.56 bits per heavy atom. The molecule has 4 aliphatic rings. The fraction of sp³-hybridized carbons (Fsp3) is 0.520. The maximum absolute atomic E-state index is 13.4. The number of carbonyl (C=O) groups excluding carboxylic acids is 2. The van der Waals surface area contributed by atoms with E-state index in [0.717, 1.165) is 17.0 Å². The molecule has 10 nitrogen and oxygen atoms in total. The molecule has 6 heterocycles. The van der Waals surface area contributed by atoms with Crippen molar-refractivity contribution < 1.29 is 23.5 Å². The Labute approximate surface area is 212 Å². The fourth-order valence-corrected chi connectivity index (χ4v) is 5.80. The molecule has 2 amide bonds. The van der Waals surface area contributed by atoms with Crippen molar-refractivity contribution in [2.75, 3.05) is 44.3 Å². The van der Waals surface area contributed by atoms with Crippen LogP contribution in [0.4, 0.5) is 10.8 Å². The zero-order chi connectivity index (χ0) is 25.0. The molecular weight excluding hydrogens is 482 g/mol. The Hall–Kier alpha value is -3.18. The summed E-state index contributed by atoms with van der Waals surface area (Å²) in [6.45, 7) is 8.98. The summed E-state index contributed by atoms with van der Waals surface area (Å²) < 4.78 is 17.3. The largest absolute Gasteiger partial charge is 0.444 e. The quantitative estimate of drug-likeness (QED) is 0.526. The number of carbonyl (C=O) groups is 2. The fourth-order valence-electron chi connectivity index (χ4n) is 5.14. The molecule has 190 valence electrons. The van der Waals surface area contributed by atoms with Crippen molar-refractivity contribution in [2.45, 2.75) is 44.9 Å². The van der Waals surface area contributed by atoms with Gasteiger partial charge in [0.05, 0.1) is 36.4 Å². The highest BCUT2D eigenvalue weighted by Crippen LogP contribution is 2.39. The molecule has 2 bridgehead atoms. The molecule has 0 N–H and O–H groups in total. The van der Waals surface area contributed by atoms with Gasteiger partial charge in [-0.1, -0.05) is 0 Å². The number of piperazine rings is 1. The Bertz CT molecular complexity index is 1280. The number of piperidine rings is 1. The predicted molar refractivity (Wildman–Crippen MR) is 134 cm³/mol. The molecule has 4 saturated heterocycles. The van der Waals surface area contributed by atoms with E-state index in [0.29, 0.717) is 62.1 Å². The standard InChI is InChI=1S/C25H29N5O5S/c1-25(2,3)35-24(32)30-15-12-16(30)14-29(13-15)23-27-19-17(22(31)28-7-9-33-10-8-28)4-5-18(20(19)34-23)21-26-6-11-36-21/h4-6,11,15-16H,7-10,12-14H2,1-3H3. The van der Waals surface area contributed by atoms with Crippen LogP contribution in [0.5, 0.6) is 0 Å². The number of aromatic nitrogens is 2. The number of oxazole rings is 1. The first-order valence-electron chi connectivity index (χ1n) is 12.3. The summed E-state index contributed by atoms with van der Waals surface area (Å²) in [6, 6.07) is 4.26. The van der Waals surface area contributed by atoms with Crippen LogP contribution in [0.1, 0.15) is 37.6 Å². The summed E-state index contributed by atoms with van der Waals surface area (Å²) in [5.74, 6) is -0.0774. The molecular formula is C25H29N5O5S. The molecule has 7 rings (SSSR count). The van der Waals surface area contributed by atoms with E-state index in [1.807, 2.05) is 43.2 Å². The van der Waals surface area contributed by atoms with Crippen LogP contribution in [0.3, 0.4) is 0 Å². The minimum absolute atomic E-state index is 0.0431. The first-order chi connectivity index (χ1) is 17.3. The summed E-state index contributed by atoms with van der Waals surface area (Å²) in [6.07, 6.45) is 2.41. The average Bonchev–Trinajstić information content (AvgIpc) is 3.53. The highest BCUT2D eigenvalue weighted by molar-refractivity contribution is 7.13. The van der Waals surface area contributed by atoms with E-state index < -0.39 is 5.60 Å². The van der Waals surface area contributed by atoms with Gasteiger partial charge >= 0.3 is 6.09 Å². The van der Waals surface area contributed by atoms with Crippen LogP contribution in [0.15, 0.2) is 28.1 Å². The van der Waals surface area contributed by atoms with Gasteiger partial charge in [0.1, 0.15) is 16.1 Å². The maximum Gasteiger partial charge on any atom is 0.410 e. The van der Waals surface area contributed by atoms with E-state index >= 15 is 0 Å². The van der Waals surface area contributed by atoms with Gasteiger partial charge in [0.25, 0.3) is 11.9 Å². The highest BCUT2D eigenvalue weighted by atomic mass is 32.1. The van der Waals surface area contributed by atoms with E-state index in [9.17, 15) is 9.59 Å². The second-order valence-corrected chi connectivity index (χ2v) is 11.3. The summed E-state index contributed by atoms with van der Waals surface area (Å²) in [5.41, 5.74) is 1.89. The van der Waals surface area contributed by atoms with Gasteiger partial charge in [0.2, 0.25) is 0 Å². The smallest absolute Gasteiger partial charge is 0.410 e. The molecule has 0 aliphatic carbocycles. The summed E-state index contributed by atoms with van der Waals surface area (Å²) >= 11 is 1.51. The number of benzene rings is 1. The van der Waals surface area contributed by atoms with Crippen LogP contribution < -0.4 is 4.90 Å². The minimum Gasteiger partial charge on any atom is -0.444 e. The molecule has 4 fully saturated rings. The van der Waals surface area contributed by atoms with Crippen LogP contribution in [0.2, 0.25) is 0 Å². The van der Waals surface area contributed by atoms with Crippen LogP contribution in [-0.4, -0.2) is 88.8 Å². The average molecular weight is 512 g/mol. The van der Waals surface area contributed by atoms with Gasteiger partial charge in [0.15, 0.2) is 5.58 Å². The lowest BCUT2D eigenvalue weighted by molar-refractivity contribution is -0.0386. The molecule has 11 heteroatoms. The molecule has 0 spiro atoms. The van der Waals surface area contributed by atoms with E-state index in [1.165, 1.54) is 11.3 Å². The summed E-state index contributed by atoms with van der Waals surface area (Å²) in [5, 5.41) is 2.72. The number of rotatable bonds is 3. The Morgan fingerprint density at radius 2 is 1.89 bits per heavy atom. The third kappa shape index (κ3) is 4.09. The monoisotopic (exact) mass is 511 g/mol. The number of thiazole rings is 1. The molecule has 4 aliphatic heterocycles. The number of anilines is 1. The molecule has 2 unspecified atom stereocenters. The van der Waals surface area contributed by atoms with Crippen LogP contribution in [0, 0.1) is 0 Å². The predicted octanol–water partition coefficient (Wildman–Crippen LogP) is 3.62. The Balaban J connectivity index is 1.31. The highest BCUT2D eigenvalue weighted by Gasteiger charge is 2.49. The molecule has 2 atom stereocenters. The lowest BCUT2D eigenvalue weighted by Gasteiger charge is -2.55. The molecule has 1 aromatic carbocycles. The van der Waals surface area contributed by atoms with Crippen LogP contribution in [-0.2, 0) is 9.47 Å². The molecule has 2 aromatic heterocycles. The van der Waals surface area contributed by atoms with Crippen molar-refractivity contribution in [3.05, 3.63) is 29.3 Å². The van der Waals surface area contributed by atoms with E-state index in [1.54, 1.807) is 11.1 Å². The summed E-state index contributed by atoms with van der Waals surface area (Å²) in [4.78, 5) is 41.0. The zero-order valence-electron chi connectivity index (χ0n) is 20.6. The SMILES string of the molecule is CC(C)(C)OC(=O)N1C2CC1CN(c1nc3c(C(=O)N4CCOCC4)ccc(-c4nccs4)c3o1)C2. The zero-order valence-corrected chi connectivity index (χ0v) is 21.4. The first-order valence-corrected chi connectivity index (χ1v) is 13.1. The van der Waals surface area contributed by atoms with Crippen molar-refractivity contribution in [3.63, 3.8) is 0 Å². The summed E-state index contributed by atoms with van der Waals surface area (Å²) in [7, 11) is 0. The lowest BCUT2D eigenvalue weighted by atomic mass is 9.88.